The summed E-state index contributed by atoms with van der Waals surface area (Å²) >= 11 is 0. The van der Waals surface area contributed by atoms with Crippen LogP contribution in [0.25, 0.3) is 11.1 Å². The lowest BCUT2D eigenvalue weighted by atomic mass is 9.97. The third-order valence-electron chi connectivity index (χ3n) is 6.50. The van der Waals surface area contributed by atoms with E-state index < -0.39 is 5.82 Å². The van der Waals surface area contributed by atoms with Crippen molar-refractivity contribution in [2.75, 3.05) is 32.1 Å². The number of anilines is 1. The van der Waals surface area contributed by atoms with Crippen LogP contribution >= 0.6 is 0 Å². The molecule has 2 aromatic carbocycles. The maximum atomic E-state index is 15.0. The van der Waals surface area contributed by atoms with Gasteiger partial charge in [-0.3, -0.25) is 14.4 Å². The summed E-state index contributed by atoms with van der Waals surface area (Å²) in [7, 11) is 1.79. The summed E-state index contributed by atoms with van der Waals surface area (Å²) in [5.41, 5.74) is 3.03. The predicted octanol–water partition coefficient (Wildman–Crippen LogP) is 4.24. The first-order valence-corrected chi connectivity index (χ1v) is 12.6. The van der Waals surface area contributed by atoms with E-state index in [9.17, 15) is 18.8 Å². The monoisotopic (exact) mass is 518 g/mol. The van der Waals surface area contributed by atoms with Gasteiger partial charge in [-0.1, -0.05) is 13.0 Å². The highest BCUT2D eigenvalue weighted by Gasteiger charge is 2.26. The molecule has 1 aliphatic rings. The number of hydrogen-bond donors (Lipinski definition) is 2. The largest absolute Gasteiger partial charge is 0.491 e. The summed E-state index contributed by atoms with van der Waals surface area (Å²) in [6, 6.07) is 12.3. The molecule has 0 radical (unpaired) electrons. The molecule has 0 spiro atoms. The summed E-state index contributed by atoms with van der Waals surface area (Å²) in [6.45, 7) is 4.58. The van der Waals surface area contributed by atoms with Crippen molar-refractivity contribution in [3.8, 4) is 16.9 Å². The van der Waals surface area contributed by atoms with Gasteiger partial charge in [-0.2, -0.15) is 0 Å². The fourth-order valence-electron chi connectivity index (χ4n) is 4.44. The number of aromatic nitrogens is 1. The molecule has 0 saturated heterocycles. The molecule has 1 aromatic heterocycles. The number of halogens is 1. The maximum absolute atomic E-state index is 15.0. The normalized spacial score (nSPS) is 12.8. The summed E-state index contributed by atoms with van der Waals surface area (Å²) in [5.74, 6) is -0.279. The topological polar surface area (TPSA) is 101 Å². The van der Waals surface area contributed by atoms with E-state index in [0.717, 1.165) is 16.7 Å². The van der Waals surface area contributed by atoms with Crippen molar-refractivity contribution in [2.24, 2.45) is 0 Å². The van der Waals surface area contributed by atoms with Crippen molar-refractivity contribution in [2.45, 2.75) is 33.2 Å². The van der Waals surface area contributed by atoms with E-state index in [1.165, 1.54) is 19.1 Å². The van der Waals surface area contributed by atoms with Gasteiger partial charge in [0.05, 0.1) is 12.1 Å². The summed E-state index contributed by atoms with van der Waals surface area (Å²) < 4.78 is 20.9. The number of nitrogens with zero attached hydrogens (tertiary/aromatic N) is 2. The Morgan fingerprint density at radius 2 is 1.84 bits per heavy atom. The number of carbonyl (C=O) groups is 3. The second kappa shape index (κ2) is 12.0. The van der Waals surface area contributed by atoms with Gasteiger partial charge in [0, 0.05) is 48.0 Å². The van der Waals surface area contributed by atoms with Crippen LogP contribution in [0.2, 0.25) is 0 Å². The van der Waals surface area contributed by atoms with Crippen LogP contribution in [0.15, 0.2) is 48.7 Å². The fourth-order valence-corrected chi connectivity index (χ4v) is 4.44. The van der Waals surface area contributed by atoms with Crippen molar-refractivity contribution >= 4 is 23.4 Å². The molecule has 198 valence electrons. The molecule has 38 heavy (non-hydrogen) atoms. The summed E-state index contributed by atoms with van der Waals surface area (Å²) in [5, 5.41) is 5.70. The quantitative estimate of drug-likeness (QED) is 0.433. The van der Waals surface area contributed by atoms with Gasteiger partial charge in [-0.25, -0.2) is 9.37 Å². The number of carbonyl (C=O) groups excluding carboxylic acids is 3. The first kappa shape index (κ1) is 26.9. The lowest BCUT2D eigenvalue weighted by Gasteiger charge is -2.22. The molecule has 2 heterocycles. The van der Waals surface area contributed by atoms with E-state index in [-0.39, 0.29) is 47.3 Å². The highest BCUT2D eigenvalue weighted by Crippen LogP contribution is 2.30. The first-order chi connectivity index (χ1) is 18.3. The van der Waals surface area contributed by atoms with Gasteiger partial charge in [0.2, 0.25) is 5.91 Å². The third kappa shape index (κ3) is 5.89. The molecule has 2 amide bonds. The molecule has 4 rings (SSSR count). The second-order valence-corrected chi connectivity index (χ2v) is 9.09. The van der Waals surface area contributed by atoms with E-state index >= 15 is 0 Å². The molecule has 0 aliphatic carbocycles. The molecular formula is C29H31FN4O4. The number of fused-ring (bicyclic) bond motifs is 1. The van der Waals surface area contributed by atoms with Crippen LogP contribution in [0.4, 0.5) is 10.2 Å². The number of pyridine rings is 1. The van der Waals surface area contributed by atoms with Crippen LogP contribution < -0.4 is 15.4 Å². The van der Waals surface area contributed by atoms with E-state index in [4.69, 9.17) is 4.74 Å². The van der Waals surface area contributed by atoms with Crippen LogP contribution in [-0.2, 0) is 17.8 Å². The number of amides is 2. The zero-order chi connectivity index (χ0) is 27.2. The minimum absolute atomic E-state index is 0.00949. The predicted molar refractivity (Wildman–Crippen MR) is 143 cm³/mol. The van der Waals surface area contributed by atoms with Crippen LogP contribution in [0.1, 0.15) is 52.1 Å². The second-order valence-electron chi connectivity index (χ2n) is 9.09. The Labute approximate surface area is 221 Å². The Balaban J connectivity index is 1.55. The van der Waals surface area contributed by atoms with E-state index in [1.54, 1.807) is 31.1 Å². The van der Waals surface area contributed by atoms with E-state index in [0.29, 0.717) is 37.7 Å². The Morgan fingerprint density at radius 3 is 2.53 bits per heavy atom. The Bertz CT molecular complexity index is 1360. The maximum Gasteiger partial charge on any atom is 0.254 e. The van der Waals surface area contributed by atoms with Crippen molar-refractivity contribution < 1.29 is 23.5 Å². The fraction of sp³-hybridized carbons (Fsp3) is 0.310. The van der Waals surface area contributed by atoms with Crippen molar-refractivity contribution in [1.82, 2.24) is 15.2 Å². The van der Waals surface area contributed by atoms with E-state index in [1.807, 2.05) is 24.3 Å². The number of ketones is 1. The molecule has 0 unspecified atom stereocenters. The van der Waals surface area contributed by atoms with E-state index in [2.05, 4.69) is 15.6 Å². The number of rotatable bonds is 8. The molecule has 8 nitrogen and oxygen atoms in total. The number of hydrogen-bond acceptors (Lipinski definition) is 6. The highest BCUT2D eigenvalue weighted by atomic mass is 19.1. The number of nitrogens with one attached hydrogen (secondary N) is 2. The van der Waals surface area contributed by atoms with Gasteiger partial charge < -0.3 is 20.3 Å². The molecule has 0 fully saturated rings. The molecule has 0 saturated carbocycles. The number of benzene rings is 2. The Hall–Kier alpha value is -4.11. The molecule has 1 aliphatic heterocycles. The summed E-state index contributed by atoms with van der Waals surface area (Å²) in [6.07, 6.45) is 2.33. The molecule has 3 aromatic rings. The van der Waals surface area contributed by atoms with Crippen LogP contribution in [0.5, 0.6) is 5.75 Å². The third-order valence-corrected chi connectivity index (χ3v) is 6.50. The molecular weight excluding hydrogens is 487 g/mol. The summed E-state index contributed by atoms with van der Waals surface area (Å²) in [4.78, 5) is 43.2. The van der Waals surface area contributed by atoms with Gasteiger partial charge in [0.1, 0.15) is 24.0 Å². The Kier molecular flexibility index (Phi) is 8.48. The van der Waals surface area contributed by atoms with Crippen LogP contribution in [0.3, 0.4) is 0 Å². The zero-order valence-corrected chi connectivity index (χ0v) is 21.8. The SMILES string of the molecule is CCc1c(C(=O)N2CCOc3ccc(-c4ccc(NC(=O)CCNC)nc4)cc3C2)ccc(C(C)=O)c1F. The van der Waals surface area contributed by atoms with Crippen molar-refractivity contribution in [1.29, 1.82) is 0 Å². The lowest BCUT2D eigenvalue weighted by Crippen LogP contribution is -2.33. The van der Waals surface area contributed by atoms with Gasteiger partial charge in [-0.05, 0) is 62.4 Å². The average Bonchev–Trinajstić information content (AvgIpc) is 3.13. The minimum Gasteiger partial charge on any atom is -0.491 e. The minimum atomic E-state index is -0.631. The smallest absolute Gasteiger partial charge is 0.254 e. The molecule has 9 heteroatoms. The molecule has 0 atom stereocenters. The van der Waals surface area contributed by atoms with Crippen LogP contribution in [0, 0.1) is 5.82 Å². The van der Waals surface area contributed by atoms with Gasteiger partial charge in [0.15, 0.2) is 5.78 Å². The van der Waals surface area contributed by atoms with Gasteiger partial charge in [-0.15, -0.1) is 0 Å². The van der Waals surface area contributed by atoms with Gasteiger partial charge in [0.25, 0.3) is 5.91 Å². The van der Waals surface area contributed by atoms with Crippen molar-refractivity contribution in [3.63, 3.8) is 0 Å². The van der Waals surface area contributed by atoms with Crippen molar-refractivity contribution in [3.05, 3.63) is 76.7 Å². The first-order valence-electron chi connectivity index (χ1n) is 12.6. The number of ether oxygens (including phenoxy) is 1. The lowest BCUT2D eigenvalue weighted by molar-refractivity contribution is -0.116. The molecule has 2 N–H and O–H groups in total. The standard InChI is InChI=1S/C29H31FN4O4/c1-4-22-24(8-7-23(18(2)35)28(22)30)29(37)34-13-14-38-25-9-5-19(15-21(25)17-34)20-6-10-26(32-16-20)33-27(36)11-12-31-3/h5-10,15-16,31H,4,11-14,17H2,1-3H3,(H,32,33,36). The molecule has 0 bridgehead atoms. The zero-order valence-electron chi connectivity index (χ0n) is 21.8. The van der Waals surface area contributed by atoms with Crippen LogP contribution in [-0.4, -0.2) is 54.2 Å². The highest BCUT2D eigenvalue weighted by molar-refractivity contribution is 5.99. The Morgan fingerprint density at radius 1 is 1.08 bits per heavy atom. The number of Topliss-reactive ketones (excluding diaryl/α,β-unsaturated/α-hetero) is 1. The average molecular weight is 519 g/mol. The van der Waals surface area contributed by atoms with Gasteiger partial charge >= 0.3 is 0 Å².